The largest absolute Gasteiger partial charge is 0.228 e. The van der Waals surface area contributed by atoms with Gasteiger partial charge in [-0.3, -0.25) is 0 Å². The van der Waals surface area contributed by atoms with E-state index in [4.69, 9.17) is 0 Å². The van der Waals surface area contributed by atoms with Crippen LogP contribution in [0, 0.1) is 11.8 Å². The highest BCUT2D eigenvalue weighted by Crippen LogP contribution is 2.39. The van der Waals surface area contributed by atoms with Gasteiger partial charge in [0.2, 0.25) is 0 Å². The van der Waals surface area contributed by atoms with E-state index in [-0.39, 0.29) is 10.5 Å². The lowest BCUT2D eigenvalue weighted by molar-refractivity contribution is 0.237. The van der Waals surface area contributed by atoms with Gasteiger partial charge in [0.1, 0.15) is 0 Å². The van der Waals surface area contributed by atoms with Gasteiger partial charge in [-0.2, -0.15) is 0 Å². The molecule has 0 aromatic heterocycles. The normalized spacial score (nSPS) is 29.4. The van der Waals surface area contributed by atoms with Crippen molar-refractivity contribution in [3.63, 3.8) is 0 Å². The zero-order valence-electron chi connectivity index (χ0n) is 8.95. The molecule has 0 radical (unpaired) electrons. The van der Waals surface area contributed by atoms with E-state index >= 15 is 0 Å². The van der Waals surface area contributed by atoms with Gasteiger partial charge in [-0.25, -0.2) is 8.42 Å². The minimum Gasteiger partial charge on any atom is -0.228 e. The van der Waals surface area contributed by atoms with E-state index in [2.05, 4.69) is 13.8 Å². The molecule has 0 aromatic rings. The Morgan fingerprint density at radius 2 is 1.54 bits per heavy atom. The van der Waals surface area contributed by atoms with Gasteiger partial charge in [0.05, 0.1) is 10.5 Å². The zero-order valence-corrected chi connectivity index (χ0v) is 9.76. The predicted molar refractivity (Wildman–Crippen MR) is 55.4 cm³/mol. The molecule has 13 heavy (non-hydrogen) atoms. The minimum absolute atomic E-state index is 0.0418. The molecule has 0 spiro atoms. The highest BCUT2D eigenvalue weighted by Gasteiger charge is 2.40. The van der Waals surface area contributed by atoms with Crippen LogP contribution in [0.25, 0.3) is 0 Å². The Bertz CT molecular complexity index is 259. The van der Waals surface area contributed by atoms with Crippen molar-refractivity contribution in [2.75, 3.05) is 0 Å². The van der Waals surface area contributed by atoms with Crippen molar-refractivity contribution in [2.24, 2.45) is 11.8 Å². The molecule has 0 amide bonds. The fourth-order valence-corrected chi connectivity index (χ4v) is 3.60. The van der Waals surface area contributed by atoms with Crippen molar-refractivity contribution < 1.29 is 8.42 Å². The fraction of sp³-hybridized carbons (Fsp3) is 1.00. The van der Waals surface area contributed by atoms with Crippen molar-refractivity contribution in [3.8, 4) is 0 Å². The molecule has 1 rings (SSSR count). The molecule has 0 bridgehead atoms. The lowest BCUT2D eigenvalue weighted by Gasteiger charge is -2.38. The number of hydrogen-bond acceptors (Lipinski definition) is 2. The Balaban J connectivity index is 2.53. The van der Waals surface area contributed by atoms with E-state index in [0.29, 0.717) is 11.8 Å². The molecular formula is C10H20O2S. The molecule has 0 unspecified atom stereocenters. The van der Waals surface area contributed by atoms with Gasteiger partial charge in [0, 0.05) is 0 Å². The van der Waals surface area contributed by atoms with Crippen LogP contribution in [0.2, 0.25) is 0 Å². The molecule has 0 saturated heterocycles. The van der Waals surface area contributed by atoms with Gasteiger partial charge < -0.3 is 0 Å². The van der Waals surface area contributed by atoms with E-state index in [0.717, 1.165) is 12.8 Å². The minimum atomic E-state index is -2.81. The second-order valence-electron chi connectivity index (χ2n) is 4.74. The zero-order chi connectivity index (χ0) is 10.2. The van der Waals surface area contributed by atoms with Crippen molar-refractivity contribution in [1.82, 2.24) is 0 Å². The molecule has 1 aliphatic carbocycles. The summed E-state index contributed by atoms with van der Waals surface area (Å²) in [5.74, 6) is 1.28. The summed E-state index contributed by atoms with van der Waals surface area (Å²) in [5, 5.41) is -0.245. The molecule has 0 atom stereocenters. The van der Waals surface area contributed by atoms with Crippen LogP contribution in [0.5, 0.6) is 0 Å². The number of hydrogen-bond donors (Lipinski definition) is 0. The Labute approximate surface area is 81.6 Å². The summed E-state index contributed by atoms with van der Waals surface area (Å²) >= 11 is 0. The third-order valence-corrected chi connectivity index (χ3v) is 5.82. The molecule has 2 nitrogen and oxygen atoms in total. The van der Waals surface area contributed by atoms with Crippen LogP contribution in [0.15, 0.2) is 0 Å². The lowest BCUT2D eigenvalue weighted by Crippen LogP contribution is -2.41. The number of sulfone groups is 1. The van der Waals surface area contributed by atoms with Crippen LogP contribution in [0.3, 0.4) is 0 Å². The molecular weight excluding hydrogens is 184 g/mol. The summed E-state index contributed by atoms with van der Waals surface area (Å²) in [5.41, 5.74) is 0. The molecule has 1 aliphatic rings. The third-order valence-electron chi connectivity index (χ3n) is 3.20. The first-order valence-electron chi connectivity index (χ1n) is 5.08. The maximum atomic E-state index is 11.7. The summed E-state index contributed by atoms with van der Waals surface area (Å²) in [7, 11) is -2.81. The Kier molecular flexibility index (Phi) is 3.05. The fourth-order valence-electron chi connectivity index (χ4n) is 1.80. The van der Waals surface area contributed by atoms with E-state index < -0.39 is 9.84 Å². The standard InChI is InChI=1S/C10H20O2S/c1-7(2)9-5-10(6-9)13(11,12)8(3)4/h7-10H,5-6H2,1-4H3. The summed E-state index contributed by atoms with van der Waals surface area (Å²) in [6.45, 7) is 7.89. The molecule has 3 heteroatoms. The smallest absolute Gasteiger partial charge is 0.155 e. The van der Waals surface area contributed by atoms with Crippen molar-refractivity contribution in [1.29, 1.82) is 0 Å². The second-order valence-corrected chi connectivity index (χ2v) is 7.52. The first-order valence-corrected chi connectivity index (χ1v) is 6.69. The molecule has 0 aromatic carbocycles. The molecule has 78 valence electrons. The summed E-state index contributed by atoms with van der Waals surface area (Å²) < 4.78 is 23.4. The topological polar surface area (TPSA) is 34.1 Å². The maximum Gasteiger partial charge on any atom is 0.155 e. The van der Waals surface area contributed by atoms with Gasteiger partial charge in [0.15, 0.2) is 9.84 Å². The third kappa shape index (κ3) is 2.06. The molecule has 0 aliphatic heterocycles. The number of rotatable bonds is 3. The van der Waals surface area contributed by atoms with E-state index in [1.54, 1.807) is 13.8 Å². The average molecular weight is 204 g/mol. The van der Waals surface area contributed by atoms with Gasteiger partial charge in [-0.1, -0.05) is 13.8 Å². The second kappa shape index (κ2) is 3.60. The highest BCUT2D eigenvalue weighted by atomic mass is 32.2. The Morgan fingerprint density at radius 1 is 1.08 bits per heavy atom. The van der Waals surface area contributed by atoms with Crippen molar-refractivity contribution >= 4 is 9.84 Å². The SMILES string of the molecule is CC(C)C1CC(S(=O)(=O)C(C)C)C1. The lowest BCUT2D eigenvalue weighted by atomic mass is 9.77. The Morgan fingerprint density at radius 3 is 1.85 bits per heavy atom. The maximum absolute atomic E-state index is 11.7. The van der Waals surface area contributed by atoms with Crippen LogP contribution in [0.4, 0.5) is 0 Å². The quantitative estimate of drug-likeness (QED) is 0.706. The van der Waals surface area contributed by atoms with Gasteiger partial charge >= 0.3 is 0 Å². The molecule has 1 saturated carbocycles. The van der Waals surface area contributed by atoms with E-state index in [9.17, 15) is 8.42 Å². The highest BCUT2D eigenvalue weighted by molar-refractivity contribution is 7.92. The summed E-state index contributed by atoms with van der Waals surface area (Å²) in [6.07, 6.45) is 1.77. The van der Waals surface area contributed by atoms with E-state index in [1.807, 2.05) is 0 Å². The van der Waals surface area contributed by atoms with Crippen molar-refractivity contribution in [2.45, 2.75) is 51.0 Å². The molecule has 0 N–H and O–H groups in total. The summed E-state index contributed by atoms with van der Waals surface area (Å²) in [4.78, 5) is 0. The van der Waals surface area contributed by atoms with Gasteiger partial charge in [0.25, 0.3) is 0 Å². The van der Waals surface area contributed by atoms with Crippen LogP contribution < -0.4 is 0 Å². The molecule has 0 heterocycles. The predicted octanol–water partition coefficient (Wildman–Crippen LogP) is 2.24. The Hall–Kier alpha value is -0.0500. The van der Waals surface area contributed by atoms with Crippen LogP contribution in [0.1, 0.15) is 40.5 Å². The monoisotopic (exact) mass is 204 g/mol. The van der Waals surface area contributed by atoms with Gasteiger partial charge in [-0.05, 0) is 38.5 Å². The van der Waals surface area contributed by atoms with Gasteiger partial charge in [-0.15, -0.1) is 0 Å². The van der Waals surface area contributed by atoms with Crippen LogP contribution >= 0.6 is 0 Å². The van der Waals surface area contributed by atoms with Crippen LogP contribution in [-0.2, 0) is 9.84 Å². The molecule has 1 fully saturated rings. The average Bonchev–Trinajstić information content (AvgIpc) is 1.80. The first-order chi connectivity index (χ1) is 5.85. The van der Waals surface area contributed by atoms with Crippen molar-refractivity contribution in [3.05, 3.63) is 0 Å². The summed E-state index contributed by atoms with van der Waals surface area (Å²) in [6, 6.07) is 0. The van der Waals surface area contributed by atoms with Crippen LogP contribution in [-0.4, -0.2) is 18.9 Å². The first kappa shape index (κ1) is 11.0. The van der Waals surface area contributed by atoms with E-state index in [1.165, 1.54) is 0 Å².